The third kappa shape index (κ3) is 5.02. The monoisotopic (exact) mass is 386 g/mol. The van der Waals surface area contributed by atoms with Crippen molar-refractivity contribution >= 4 is 28.1 Å². The summed E-state index contributed by atoms with van der Waals surface area (Å²) in [5.41, 5.74) is 1.36. The van der Waals surface area contributed by atoms with Crippen molar-refractivity contribution < 1.29 is 22.7 Å². The highest BCUT2D eigenvalue weighted by Crippen LogP contribution is 2.19. The Balaban J connectivity index is 1.81. The quantitative estimate of drug-likeness (QED) is 0.788. The Morgan fingerprint density at radius 1 is 1.04 bits per heavy atom. The molecule has 8 heteroatoms. The minimum absolute atomic E-state index is 0.153. The maximum Gasteiger partial charge on any atom is 0.417 e. The number of cyclic esters (lactones) is 1. The lowest BCUT2D eigenvalue weighted by atomic mass is 10.1. The fourth-order valence-electron chi connectivity index (χ4n) is 2.61. The van der Waals surface area contributed by atoms with Gasteiger partial charge in [0.05, 0.1) is 12.6 Å². The molecule has 1 unspecified atom stereocenters. The van der Waals surface area contributed by atoms with Crippen molar-refractivity contribution in [3.63, 3.8) is 0 Å². The minimum atomic E-state index is -3.82. The van der Waals surface area contributed by atoms with E-state index in [0.717, 1.165) is 15.9 Å². The van der Waals surface area contributed by atoms with E-state index in [1.165, 1.54) is 6.08 Å². The number of sulfonamides is 1. The first-order valence-corrected chi connectivity index (χ1v) is 9.77. The van der Waals surface area contributed by atoms with Gasteiger partial charge in [0.15, 0.2) is 6.61 Å². The summed E-state index contributed by atoms with van der Waals surface area (Å²) in [4.78, 5) is 24.4. The highest BCUT2D eigenvalue weighted by atomic mass is 32.2. The summed E-state index contributed by atoms with van der Waals surface area (Å²) >= 11 is 0. The molecule has 27 heavy (non-hydrogen) atoms. The first-order valence-electron chi connectivity index (χ1n) is 8.22. The van der Waals surface area contributed by atoms with Crippen molar-refractivity contribution in [1.29, 1.82) is 0 Å². The minimum Gasteiger partial charge on any atom is -0.439 e. The van der Waals surface area contributed by atoms with E-state index in [1.807, 2.05) is 6.07 Å². The van der Waals surface area contributed by atoms with Crippen molar-refractivity contribution in [2.75, 3.05) is 13.2 Å². The van der Waals surface area contributed by atoms with Gasteiger partial charge < -0.3 is 4.74 Å². The van der Waals surface area contributed by atoms with Gasteiger partial charge in [-0.3, -0.25) is 4.79 Å². The second kappa shape index (κ2) is 8.15. The number of carbonyl (C=O) groups is 2. The second-order valence-electron chi connectivity index (χ2n) is 5.90. The number of benzene rings is 2. The maximum absolute atomic E-state index is 12.5. The van der Waals surface area contributed by atoms with Crippen molar-refractivity contribution in [3.05, 3.63) is 77.2 Å². The summed E-state index contributed by atoms with van der Waals surface area (Å²) < 4.78 is 32.2. The Kier molecular flexibility index (Phi) is 5.68. The molecule has 2 aromatic carbocycles. The molecule has 0 aromatic heterocycles. The molecular formula is C19H18N2O5S. The Hall–Kier alpha value is -2.97. The fourth-order valence-corrected chi connectivity index (χ4v) is 3.63. The molecule has 2 amide bonds. The van der Waals surface area contributed by atoms with Crippen molar-refractivity contribution in [1.82, 2.24) is 9.62 Å². The second-order valence-corrected chi connectivity index (χ2v) is 7.50. The fraction of sp³-hybridized carbons (Fsp3) is 0.158. The number of nitrogens with one attached hydrogen (secondary N) is 1. The van der Waals surface area contributed by atoms with Crippen LogP contribution in [-0.4, -0.2) is 38.5 Å². The third-order valence-electron chi connectivity index (χ3n) is 3.95. The van der Waals surface area contributed by atoms with Crippen LogP contribution in [0.15, 0.2) is 66.1 Å². The van der Waals surface area contributed by atoms with Gasteiger partial charge in [-0.15, -0.1) is 0 Å². The van der Waals surface area contributed by atoms with Gasteiger partial charge in [0.1, 0.15) is 0 Å². The molecule has 140 valence electrons. The number of nitrogens with zero attached hydrogens (tertiary/aromatic N) is 1. The Bertz CT molecular complexity index is 927. The molecule has 1 aliphatic heterocycles. The number of imide groups is 1. The molecule has 0 radical (unpaired) electrons. The highest BCUT2D eigenvalue weighted by Gasteiger charge is 2.34. The van der Waals surface area contributed by atoms with Crippen LogP contribution in [0.2, 0.25) is 0 Å². The number of ether oxygens (including phenoxy) is 1. The van der Waals surface area contributed by atoms with Crippen LogP contribution < -0.4 is 4.72 Å². The summed E-state index contributed by atoms with van der Waals surface area (Å²) in [7, 11) is -3.82. The molecule has 0 bridgehead atoms. The molecule has 0 saturated carbocycles. The molecular weight excluding hydrogens is 368 g/mol. The predicted octanol–water partition coefficient (Wildman–Crippen LogP) is 2.30. The lowest BCUT2D eigenvalue weighted by molar-refractivity contribution is -0.126. The summed E-state index contributed by atoms with van der Waals surface area (Å²) in [6.45, 7) is -0.485. The van der Waals surface area contributed by atoms with Crippen molar-refractivity contribution in [2.24, 2.45) is 0 Å². The molecule has 1 heterocycles. The van der Waals surface area contributed by atoms with E-state index in [-0.39, 0.29) is 13.2 Å². The zero-order chi connectivity index (χ0) is 19.3. The van der Waals surface area contributed by atoms with Gasteiger partial charge in [0, 0.05) is 5.41 Å². The molecule has 2 aromatic rings. The zero-order valence-corrected chi connectivity index (χ0v) is 15.1. The standard InChI is InChI=1S/C19H18N2O5S/c22-18-14-26-19(23)21(18)13-17(16-9-5-2-6-10-16)20-27(24,25)12-11-15-7-3-1-4-8-15/h1-12,17,20H,13-14H2/b12-11+. The smallest absolute Gasteiger partial charge is 0.417 e. The van der Waals surface area contributed by atoms with Crippen LogP contribution in [0.5, 0.6) is 0 Å². The number of rotatable bonds is 7. The number of hydrogen-bond donors (Lipinski definition) is 1. The Labute approximate surface area is 157 Å². The summed E-state index contributed by atoms with van der Waals surface area (Å²) in [5, 5.41) is 1.06. The van der Waals surface area contributed by atoms with Gasteiger partial charge in [-0.2, -0.15) is 0 Å². The van der Waals surface area contributed by atoms with Gasteiger partial charge in [-0.05, 0) is 17.2 Å². The van der Waals surface area contributed by atoms with E-state index in [2.05, 4.69) is 4.72 Å². The van der Waals surface area contributed by atoms with E-state index in [9.17, 15) is 18.0 Å². The van der Waals surface area contributed by atoms with E-state index in [4.69, 9.17) is 4.74 Å². The predicted molar refractivity (Wildman–Crippen MR) is 99.8 cm³/mol. The molecule has 3 rings (SSSR count). The van der Waals surface area contributed by atoms with Crippen LogP contribution in [0.4, 0.5) is 4.79 Å². The number of hydrogen-bond acceptors (Lipinski definition) is 5. The average Bonchev–Trinajstić information content (AvgIpc) is 2.99. The van der Waals surface area contributed by atoms with Crippen LogP contribution in [-0.2, 0) is 19.6 Å². The topological polar surface area (TPSA) is 92.8 Å². The van der Waals surface area contributed by atoms with Gasteiger partial charge in [-0.1, -0.05) is 60.7 Å². The molecule has 1 aliphatic rings. The summed E-state index contributed by atoms with van der Waals surface area (Å²) in [6.07, 6.45) is 0.694. The Morgan fingerprint density at radius 3 is 2.26 bits per heavy atom. The average molecular weight is 386 g/mol. The van der Waals surface area contributed by atoms with E-state index in [0.29, 0.717) is 5.56 Å². The maximum atomic E-state index is 12.5. The number of amides is 2. The Morgan fingerprint density at radius 2 is 1.67 bits per heavy atom. The van der Waals surface area contributed by atoms with E-state index >= 15 is 0 Å². The summed E-state index contributed by atoms with van der Waals surface area (Å²) in [5.74, 6) is -0.500. The van der Waals surface area contributed by atoms with Crippen molar-refractivity contribution in [2.45, 2.75) is 6.04 Å². The van der Waals surface area contributed by atoms with Crippen LogP contribution in [0.1, 0.15) is 17.2 Å². The van der Waals surface area contributed by atoms with Gasteiger partial charge in [-0.25, -0.2) is 22.8 Å². The van der Waals surface area contributed by atoms with Crippen molar-refractivity contribution in [3.8, 4) is 0 Å². The lowest BCUT2D eigenvalue weighted by Crippen LogP contribution is -2.39. The van der Waals surface area contributed by atoms with Crippen LogP contribution in [0.3, 0.4) is 0 Å². The molecule has 0 spiro atoms. The van der Waals surface area contributed by atoms with Gasteiger partial charge in [0.25, 0.3) is 5.91 Å². The third-order valence-corrected chi connectivity index (χ3v) is 5.06. The number of carbonyl (C=O) groups excluding carboxylic acids is 2. The van der Waals surface area contributed by atoms with Crippen LogP contribution in [0.25, 0.3) is 6.08 Å². The first-order chi connectivity index (χ1) is 12.9. The van der Waals surface area contributed by atoms with Gasteiger partial charge >= 0.3 is 6.09 Å². The SMILES string of the molecule is O=C1COC(=O)N1CC(NS(=O)(=O)/C=C/c1ccccc1)c1ccccc1. The molecule has 1 saturated heterocycles. The lowest BCUT2D eigenvalue weighted by Gasteiger charge is -2.22. The van der Waals surface area contributed by atoms with Crippen LogP contribution >= 0.6 is 0 Å². The molecule has 1 fully saturated rings. The van der Waals surface area contributed by atoms with Gasteiger partial charge in [0.2, 0.25) is 10.0 Å². The van der Waals surface area contributed by atoms with E-state index < -0.39 is 28.1 Å². The normalized spacial score (nSPS) is 15.9. The molecule has 1 N–H and O–H groups in total. The zero-order valence-electron chi connectivity index (χ0n) is 14.3. The highest BCUT2D eigenvalue weighted by molar-refractivity contribution is 7.92. The first kappa shape index (κ1) is 18.8. The molecule has 7 nitrogen and oxygen atoms in total. The van der Waals surface area contributed by atoms with Crippen LogP contribution in [0, 0.1) is 0 Å². The summed E-state index contributed by atoms with van der Waals surface area (Å²) in [6, 6.07) is 16.9. The molecule has 1 atom stereocenters. The largest absolute Gasteiger partial charge is 0.439 e. The van der Waals surface area contributed by atoms with E-state index in [1.54, 1.807) is 54.6 Å². The molecule has 0 aliphatic carbocycles.